The summed E-state index contributed by atoms with van der Waals surface area (Å²) in [6.07, 6.45) is 1.11. The maximum Gasteiger partial charge on any atom is 0.132 e. The van der Waals surface area contributed by atoms with Gasteiger partial charge in [0.15, 0.2) is 0 Å². The molecule has 0 saturated heterocycles. The Balaban J connectivity index is 2.19. The highest BCUT2D eigenvalue weighted by atomic mass is 32.2. The summed E-state index contributed by atoms with van der Waals surface area (Å²) in [5.41, 5.74) is 1.37. The average molecular weight is 301 g/mol. The molecule has 2 aromatic rings. The number of methoxy groups -OCH3 is 1. The highest BCUT2D eigenvalue weighted by Gasteiger charge is 2.15. The van der Waals surface area contributed by atoms with Crippen molar-refractivity contribution in [2.45, 2.75) is 16.6 Å². The predicted molar refractivity (Wildman–Crippen MR) is 91.2 cm³/mol. The molecule has 112 valence electrons. The van der Waals surface area contributed by atoms with Gasteiger partial charge < -0.3 is 9.64 Å². The SMILES string of the molecule is COc1ccccc1S[C@H](CCN(C)C)c1ccccc1. The lowest BCUT2D eigenvalue weighted by molar-refractivity contribution is 0.397. The minimum Gasteiger partial charge on any atom is -0.496 e. The van der Waals surface area contributed by atoms with E-state index in [1.807, 2.05) is 23.9 Å². The molecular weight excluding hydrogens is 278 g/mol. The van der Waals surface area contributed by atoms with E-state index in [9.17, 15) is 0 Å². The topological polar surface area (TPSA) is 12.5 Å². The van der Waals surface area contributed by atoms with Crippen LogP contribution >= 0.6 is 11.8 Å². The van der Waals surface area contributed by atoms with E-state index in [4.69, 9.17) is 4.74 Å². The number of thioether (sulfide) groups is 1. The van der Waals surface area contributed by atoms with Gasteiger partial charge in [0.05, 0.1) is 7.11 Å². The van der Waals surface area contributed by atoms with E-state index in [2.05, 4.69) is 61.5 Å². The quantitative estimate of drug-likeness (QED) is 0.700. The maximum atomic E-state index is 5.48. The molecule has 21 heavy (non-hydrogen) atoms. The number of hydrogen-bond acceptors (Lipinski definition) is 3. The van der Waals surface area contributed by atoms with Crippen LogP contribution in [0.5, 0.6) is 5.75 Å². The number of para-hydroxylation sites is 1. The highest BCUT2D eigenvalue weighted by Crippen LogP contribution is 2.41. The van der Waals surface area contributed by atoms with Gasteiger partial charge in [-0.25, -0.2) is 0 Å². The minimum atomic E-state index is 0.435. The van der Waals surface area contributed by atoms with E-state index < -0.39 is 0 Å². The van der Waals surface area contributed by atoms with Crippen LogP contribution in [0.4, 0.5) is 0 Å². The van der Waals surface area contributed by atoms with E-state index >= 15 is 0 Å². The first-order chi connectivity index (χ1) is 10.2. The molecule has 0 aromatic heterocycles. The van der Waals surface area contributed by atoms with Crippen molar-refractivity contribution in [3.05, 3.63) is 60.2 Å². The van der Waals surface area contributed by atoms with Crippen molar-refractivity contribution in [3.63, 3.8) is 0 Å². The van der Waals surface area contributed by atoms with E-state index in [0.717, 1.165) is 18.7 Å². The van der Waals surface area contributed by atoms with Gasteiger partial charge in [-0.15, -0.1) is 11.8 Å². The molecule has 2 aromatic carbocycles. The third-order valence-corrected chi connectivity index (χ3v) is 4.73. The Morgan fingerprint density at radius 2 is 1.67 bits per heavy atom. The molecule has 0 bridgehead atoms. The van der Waals surface area contributed by atoms with Crippen molar-refractivity contribution >= 4 is 11.8 Å². The fraction of sp³-hybridized carbons (Fsp3) is 0.333. The molecule has 2 rings (SSSR count). The van der Waals surface area contributed by atoms with Gasteiger partial charge in [0.25, 0.3) is 0 Å². The van der Waals surface area contributed by atoms with E-state index in [0.29, 0.717) is 5.25 Å². The number of nitrogens with zero attached hydrogens (tertiary/aromatic N) is 1. The molecule has 0 spiro atoms. The molecule has 0 fully saturated rings. The van der Waals surface area contributed by atoms with Crippen LogP contribution in [0.1, 0.15) is 17.2 Å². The third kappa shape index (κ3) is 4.80. The Kier molecular flexibility index (Phi) is 6.15. The van der Waals surface area contributed by atoms with Crippen molar-refractivity contribution in [2.75, 3.05) is 27.7 Å². The number of rotatable bonds is 7. The first-order valence-electron chi connectivity index (χ1n) is 7.20. The molecule has 1 atom stereocenters. The van der Waals surface area contributed by atoms with Gasteiger partial charge in [-0.2, -0.15) is 0 Å². The zero-order valence-electron chi connectivity index (χ0n) is 13.0. The average Bonchev–Trinajstić information content (AvgIpc) is 2.52. The van der Waals surface area contributed by atoms with Crippen molar-refractivity contribution in [2.24, 2.45) is 0 Å². The van der Waals surface area contributed by atoms with Gasteiger partial charge in [0, 0.05) is 10.1 Å². The molecule has 0 heterocycles. The number of benzene rings is 2. The molecular formula is C18H23NOS. The Labute approximate surface area is 132 Å². The first kappa shape index (κ1) is 15.9. The monoisotopic (exact) mass is 301 g/mol. The van der Waals surface area contributed by atoms with Crippen molar-refractivity contribution < 1.29 is 4.74 Å². The Morgan fingerprint density at radius 1 is 1.00 bits per heavy atom. The summed E-state index contributed by atoms with van der Waals surface area (Å²) >= 11 is 1.88. The zero-order valence-corrected chi connectivity index (χ0v) is 13.8. The lowest BCUT2D eigenvalue weighted by Crippen LogP contribution is -2.15. The normalized spacial score (nSPS) is 12.4. The molecule has 0 amide bonds. The Morgan fingerprint density at radius 3 is 2.33 bits per heavy atom. The van der Waals surface area contributed by atoms with Gasteiger partial charge in [-0.3, -0.25) is 0 Å². The molecule has 0 saturated carbocycles. The second kappa shape index (κ2) is 8.11. The molecule has 0 aliphatic carbocycles. The van der Waals surface area contributed by atoms with Gasteiger partial charge in [-0.05, 0) is 44.8 Å². The van der Waals surface area contributed by atoms with Gasteiger partial charge in [0.1, 0.15) is 5.75 Å². The lowest BCUT2D eigenvalue weighted by atomic mass is 10.1. The summed E-state index contributed by atoms with van der Waals surface area (Å²) in [5, 5.41) is 0.435. The van der Waals surface area contributed by atoms with Crippen molar-refractivity contribution in [1.82, 2.24) is 4.90 Å². The lowest BCUT2D eigenvalue weighted by Gasteiger charge is -2.20. The van der Waals surface area contributed by atoms with Crippen molar-refractivity contribution in [1.29, 1.82) is 0 Å². The third-order valence-electron chi connectivity index (χ3n) is 3.35. The number of hydrogen-bond donors (Lipinski definition) is 0. The summed E-state index contributed by atoms with van der Waals surface area (Å²) in [7, 11) is 5.97. The van der Waals surface area contributed by atoms with E-state index in [1.54, 1.807) is 7.11 Å². The first-order valence-corrected chi connectivity index (χ1v) is 8.08. The van der Waals surface area contributed by atoms with Gasteiger partial charge >= 0.3 is 0 Å². The molecule has 0 N–H and O–H groups in total. The molecule has 2 nitrogen and oxygen atoms in total. The molecule has 0 unspecified atom stereocenters. The van der Waals surface area contributed by atoms with Crippen LogP contribution in [0.3, 0.4) is 0 Å². The summed E-state index contributed by atoms with van der Waals surface area (Å²) in [6.45, 7) is 1.07. The molecule has 0 aliphatic heterocycles. The standard InChI is InChI=1S/C18H23NOS/c1-19(2)14-13-17(15-9-5-4-6-10-15)21-18-12-8-7-11-16(18)20-3/h4-12,17H,13-14H2,1-3H3/t17-/m1/s1. The molecule has 3 heteroatoms. The maximum absolute atomic E-state index is 5.48. The highest BCUT2D eigenvalue weighted by molar-refractivity contribution is 7.99. The largest absolute Gasteiger partial charge is 0.496 e. The predicted octanol–water partition coefficient (Wildman–Crippen LogP) is 4.48. The summed E-state index contributed by atoms with van der Waals surface area (Å²) in [4.78, 5) is 3.44. The van der Waals surface area contributed by atoms with Crippen molar-refractivity contribution in [3.8, 4) is 5.75 Å². The fourth-order valence-corrected chi connectivity index (χ4v) is 3.45. The van der Waals surface area contributed by atoms with Crippen LogP contribution in [-0.4, -0.2) is 32.6 Å². The fourth-order valence-electron chi connectivity index (χ4n) is 2.21. The smallest absolute Gasteiger partial charge is 0.132 e. The van der Waals surface area contributed by atoms with Gasteiger partial charge in [-0.1, -0.05) is 42.5 Å². The molecule has 0 aliphatic rings. The summed E-state index contributed by atoms with van der Waals surface area (Å²) in [5.74, 6) is 0.952. The second-order valence-electron chi connectivity index (χ2n) is 5.26. The second-order valence-corrected chi connectivity index (χ2v) is 6.50. The Bertz CT molecular complexity index is 542. The Hall–Kier alpha value is -1.45. The summed E-state index contributed by atoms with van der Waals surface area (Å²) < 4.78 is 5.48. The number of ether oxygens (including phenoxy) is 1. The molecule has 0 radical (unpaired) electrons. The van der Waals surface area contributed by atoms with Crippen LogP contribution in [0.2, 0.25) is 0 Å². The van der Waals surface area contributed by atoms with E-state index in [1.165, 1.54) is 10.5 Å². The van der Waals surface area contributed by atoms with Crippen LogP contribution in [0.25, 0.3) is 0 Å². The van der Waals surface area contributed by atoms with Crippen LogP contribution in [0.15, 0.2) is 59.5 Å². The summed E-state index contributed by atoms with van der Waals surface area (Å²) in [6, 6.07) is 19.0. The zero-order chi connectivity index (χ0) is 15.1. The van der Waals surface area contributed by atoms with Crippen LogP contribution in [0, 0.1) is 0 Å². The van der Waals surface area contributed by atoms with E-state index in [-0.39, 0.29) is 0 Å². The van der Waals surface area contributed by atoms with Crippen LogP contribution < -0.4 is 4.74 Å². The minimum absolute atomic E-state index is 0.435. The van der Waals surface area contributed by atoms with Crippen LogP contribution in [-0.2, 0) is 0 Å². The van der Waals surface area contributed by atoms with Gasteiger partial charge in [0.2, 0.25) is 0 Å².